The fourth-order valence-corrected chi connectivity index (χ4v) is 2.64. The maximum Gasteiger partial charge on any atom is 0.119 e. The first-order valence-corrected chi connectivity index (χ1v) is 7.63. The van der Waals surface area contributed by atoms with Crippen molar-refractivity contribution in [2.24, 2.45) is 0 Å². The van der Waals surface area contributed by atoms with E-state index < -0.39 is 0 Å². The van der Waals surface area contributed by atoms with Crippen LogP contribution >= 0.6 is 0 Å². The van der Waals surface area contributed by atoms with Crippen LogP contribution in [0.2, 0.25) is 0 Å². The van der Waals surface area contributed by atoms with Crippen LogP contribution in [0, 0.1) is 0 Å². The average Bonchev–Trinajstić information content (AvgIpc) is 2.44. The SMILES string of the molecule is CCC1(C)CN(CCOc2ccccc2)C(C)(C)CN1. The van der Waals surface area contributed by atoms with Gasteiger partial charge in [0.15, 0.2) is 0 Å². The highest BCUT2D eigenvalue weighted by atomic mass is 16.5. The zero-order valence-corrected chi connectivity index (χ0v) is 13.3. The quantitative estimate of drug-likeness (QED) is 0.895. The van der Waals surface area contributed by atoms with Gasteiger partial charge in [-0.1, -0.05) is 25.1 Å². The molecule has 1 unspecified atom stereocenters. The van der Waals surface area contributed by atoms with E-state index in [2.05, 4.69) is 37.9 Å². The highest BCUT2D eigenvalue weighted by Crippen LogP contribution is 2.25. The summed E-state index contributed by atoms with van der Waals surface area (Å²) in [5.41, 5.74) is 0.414. The molecule has 0 amide bonds. The van der Waals surface area contributed by atoms with Gasteiger partial charge in [-0.3, -0.25) is 4.90 Å². The van der Waals surface area contributed by atoms with Crippen molar-refractivity contribution in [3.8, 4) is 5.75 Å². The molecule has 3 nitrogen and oxygen atoms in total. The van der Waals surface area contributed by atoms with Crippen LogP contribution in [-0.2, 0) is 0 Å². The van der Waals surface area contributed by atoms with E-state index in [1.54, 1.807) is 0 Å². The van der Waals surface area contributed by atoms with Gasteiger partial charge < -0.3 is 10.1 Å². The molecule has 1 N–H and O–H groups in total. The number of ether oxygens (including phenoxy) is 1. The summed E-state index contributed by atoms with van der Waals surface area (Å²) in [6.45, 7) is 13.0. The standard InChI is InChI=1S/C17H28N2O/c1-5-17(4)14-19(16(2,3)13-18-17)11-12-20-15-9-7-6-8-10-15/h6-10,18H,5,11-14H2,1-4H3. The molecule has 20 heavy (non-hydrogen) atoms. The van der Waals surface area contributed by atoms with E-state index in [0.717, 1.165) is 38.4 Å². The van der Waals surface area contributed by atoms with Gasteiger partial charge in [-0.2, -0.15) is 0 Å². The van der Waals surface area contributed by atoms with E-state index in [4.69, 9.17) is 4.74 Å². The fraction of sp³-hybridized carbons (Fsp3) is 0.647. The first-order valence-electron chi connectivity index (χ1n) is 7.63. The van der Waals surface area contributed by atoms with Crippen molar-refractivity contribution in [2.75, 3.05) is 26.2 Å². The van der Waals surface area contributed by atoms with Crippen molar-refractivity contribution >= 4 is 0 Å². The largest absolute Gasteiger partial charge is 0.492 e. The summed E-state index contributed by atoms with van der Waals surface area (Å²) < 4.78 is 5.84. The Hall–Kier alpha value is -1.06. The van der Waals surface area contributed by atoms with Crippen LogP contribution in [0.4, 0.5) is 0 Å². The van der Waals surface area contributed by atoms with Gasteiger partial charge in [0, 0.05) is 30.7 Å². The molecule has 1 atom stereocenters. The fourth-order valence-electron chi connectivity index (χ4n) is 2.64. The van der Waals surface area contributed by atoms with Crippen molar-refractivity contribution in [3.05, 3.63) is 30.3 Å². The third-order valence-electron chi connectivity index (χ3n) is 4.50. The second-order valence-corrected chi connectivity index (χ2v) is 6.66. The Balaban J connectivity index is 1.89. The van der Waals surface area contributed by atoms with Crippen molar-refractivity contribution in [1.29, 1.82) is 0 Å². The van der Waals surface area contributed by atoms with E-state index in [1.807, 2.05) is 30.3 Å². The maximum absolute atomic E-state index is 5.84. The van der Waals surface area contributed by atoms with Gasteiger partial charge in [0.05, 0.1) is 0 Å². The maximum atomic E-state index is 5.84. The molecule has 0 aromatic heterocycles. The molecule has 0 bridgehead atoms. The van der Waals surface area contributed by atoms with Crippen molar-refractivity contribution in [2.45, 2.75) is 45.2 Å². The summed E-state index contributed by atoms with van der Waals surface area (Å²) in [4.78, 5) is 2.55. The minimum absolute atomic E-state index is 0.189. The van der Waals surface area contributed by atoms with Crippen LogP contribution in [0.15, 0.2) is 30.3 Å². The zero-order chi connectivity index (χ0) is 14.6. The third kappa shape index (κ3) is 3.74. The van der Waals surface area contributed by atoms with Crippen LogP contribution in [0.1, 0.15) is 34.1 Å². The number of hydrogen-bond donors (Lipinski definition) is 1. The van der Waals surface area contributed by atoms with Crippen molar-refractivity contribution in [1.82, 2.24) is 10.2 Å². The van der Waals surface area contributed by atoms with E-state index in [9.17, 15) is 0 Å². The van der Waals surface area contributed by atoms with Gasteiger partial charge in [-0.25, -0.2) is 0 Å². The van der Waals surface area contributed by atoms with Crippen molar-refractivity contribution in [3.63, 3.8) is 0 Å². The molecule has 1 aromatic rings. The number of nitrogens with one attached hydrogen (secondary N) is 1. The summed E-state index contributed by atoms with van der Waals surface area (Å²) in [7, 11) is 0. The Bertz CT molecular complexity index is 418. The second-order valence-electron chi connectivity index (χ2n) is 6.66. The zero-order valence-electron chi connectivity index (χ0n) is 13.3. The minimum atomic E-state index is 0.189. The van der Waals surface area contributed by atoms with Gasteiger partial charge >= 0.3 is 0 Å². The van der Waals surface area contributed by atoms with Crippen LogP contribution in [0.3, 0.4) is 0 Å². The number of nitrogens with zero attached hydrogens (tertiary/aromatic N) is 1. The number of hydrogen-bond acceptors (Lipinski definition) is 3. The number of para-hydroxylation sites is 1. The topological polar surface area (TPSA) is 24.5 Å². The lowest BCUT2D eigenvalue weighted by Crippen LogP contribution is -2.67. The lowest BCUT2D eigenvalue weighted by Gasteiger charge is -2.50. The Labute approximate surface area is 123 Å². The molecule has 0 radical (unpaired) electrons. The summed E-state index contributed by atoms with van der Waals surface area (Å²) in [6, 6.07) is 10.1. The number of benzene rings is 1. The van der Waals surface area contributed by atoms with Crippen LogP contribution in [0.25, 0.3) is 0 Å². The third-order valence-corrected chi connectivity index (χ3v) is 4.50. The molecular formula is C17H28N2O. The van der Waals surface area contributed by atoms with Gasteiger partial charge in [-0.15, -0.1) is 0 Å². The molecule has 112 valence electrons. The number of rotatable bonds is 5. The molecule has 1 saturated heterocycles. The summed E-state index contributed by atoms with van der Waals surface area (Å²) in [5.74, 6) is 0.957. The number of piperazine rings is 1. The lowest BCUT2D eigenvalue weighted by atomic mass is 9.88. The lowest BCUT2D eigenvalue weighted by molar-refractivity contribution is 0.0218. The molecule has 1 aliphatic rings. The van der Waals surface area contributed by atoms with E-state index >= 15 is 0 Å². The Morgan fingerprint density at radius 3 is 2.55 bits per heavy atom. The predicted molar refractivity (Wildman–Crippen MR) is 84.3 cm³/mol. The highest BCUT2D eigenvalue weighted by molar-refractivity contribution is 5.20. The summed E-state index contributed by atoms with van der Waals surface area (Å²) in [6.07, 6.45) is 1.15. The van der Waals surface area contributed by atoms with Gasteiger partial charge in [0.2, 0.25) is 0 Å². The molecule has 0 saturated carbocycles. The normalized spacial score (nSPS) is 26.4. The smallest absolute Gasteiger partial charge is 0.119 e. The van der Waals surface area contributed by atoms with Crippen LogP contribution < -0.4 is 10.1 Å². The van der Waals surface area contributed by atoms with Gasteiger partial charge in [-0.05, 0) is 39.3 Å². The Morgan fingerprint density at radius 2 is 1.90 bits per heavy atom. The monoisotopic (exact) mass is 276 g/mol. The molecule has 0 aliphatic carbocycles. The molecule has 3 heteroatoms. The minimum Gasteiger partial charge on any atom is -0.492 e. The average molecular weight is 276 g/mol. The molecule has 0 spiro atoms. The van der Waals surface area contributed by atoms with Crippen molar-refractivity contribution < 1.29 is 4.74 Å². The molecule has 1 aromatic carbocycles. The van der Waals surface area contributed by atoms with Crippen LogP contribution in [0.5, 0.6) is 5.75 Å². The summed E-state index contributed by atoms with van der Waals surface area (Å²) in [5, 5.41) is 3.69. The van der Waals surface area contributed by atoms with E-state index in [-0.39, 0.29) is 11.1 Å². The molecule has 1 heterocycles. The second kappa shape index (κ2) is 6.15. The first-order chi connectivity index (χ1) is 9.45. The predicted octanol–water partition coefficient (Wildman–Crippen LogP) is 2.92. The first kappa shape index (κ1) is 15.3. The Morgan fingerprint density at radius 1 is 1.20 bits per heavy atom. The van der Waals surface area contributed by atoms with Crippen LogP contribution in [-0.4, -0.2) is 42.2 Å². The molecule has 1 fully saturated rings. The molecular weight excluding hydrogens is 248 g/mol. The molecule has 1 aliphatic heterocycles. The van der Waals surface area contributed by atoms with E-state index in [0.29, 0.717) is 0 Å². The highest BCUT2D eigenvalue weighted by Gasteiger charge is 2.38. The van der Waals surface area contributed by atoms with E-state index in [1.165, 1.54) is 0 Å². The summed E-state index contributed by atoms with van der Waals surface area (Å²) >= 11 is 0. The van der Waals surface area contributed by atoms with Gasteiger partial charge in [0.1, 0.15) is 12.4 Å². The molecule has 2 rings (SSSR count). The Kier molecular flexibility index (Phi) is 4.71. The van der Waals surface area contributed by atoms with Gasteiger partial charge in [0.25, 0.3) is 0 Å².